The van der Waals surface area contributed by atoms with E-state index in [1.165, 1.54) is 10.9 Å². The Hall–Kier alpha value is -0.990. The molecule has 1 heterocycles. The lowest BCUT2D eigenvalue weighted by Gasteiger charge is -2.11. The number of nitrogens with zero attached hydrogens (tertiary/aromatic N) is 1. The molecule has 2 aromatic rings. The van der Waals surface area contributed by atoms with Crippen molar-refractivity contribution in [3.63, 3.8) is 0 Å². The lowest BCUT2D eigenvalue weighted by Crippen LogP contribution is -2.38. The highest BCUT2D eigenvalue weighted by Crippen LogP contribution is 2.22. The van der Waals surface area contributed by atoms with Gasteiger partial charge in [0.05, 0.1) is 0 Å². The topological polar surface area (TPSA) is 61.4 Å². The van der Waals surface area contributed by atoms with Gasteiger partial charge in [0.15, 0.2) is 5.96 Å². The van der Waals surface area contributed by atoms with Gasteiger partial charge in [-0.25, -0.2) is 0 Å². The van der Waals surface area contributed by atoms with Gasteiger partial charge in [-0.1, -0.05) is 11.6 Å². The first-order valence-electron chi connectivity index (χ1n) is 8.52. The van der Waals surface area contributed by atoms with Crippen molar-refractivity contribution in [2.45, 2.75) is 26.2 Å². The van der Waals surface area contributed by atoms with Crippen LogP contribution in [0.3, 0.4) is 0 Å². The fourth-order valence-corrected chi connectivity index (χ4v) is 2.75. The zero-order chi connectivity index (χ0) is 17.2. The van der Waals surface area contributed by atoms with Crippen LogP contribution in [0.4, 0.5) is 0 Å². The molecule has 3 N–H and O–H groups in total. The molecule has 1 aromatic carbocycles. The van der Waals surface area contributed by atoms with Gasteiger partial charge in [-0.05, 0) is 49.9 Å². The van der Waals surface area contributed by atoms with Gasteiger partial charge in [-0.2, -0.15) is 0 Å². The van der Waals surface area contributed by atoms with Crippen molar-refractivity contribution < 1.29 is 4.74 Å². The molecule has 0 aliphatic heterocycles. The molecule has 0 aliphatic carbocycles. The normalized spacial score (nSPS) is 11.4. The molecular weight excluding hydrogens is 451 g/mol. The number of unbranched alkanes of at least 4 members (excludes halogenated alkanes) is 1. The second-order valence-corrected chi connectivity index (χ2v) is 6.02. The van der Waals surface area contributed by atoms with E-state index in [2.05, 4.69) is 20.6 Å². The first-order valence-corrected chi connectivity index (χ1v) is 8.90. The van der Waals surface area contributed by atoms with E-state index in [-0.39, 0.29) is 24.0 Å². The van der Waals surface area contributed by atoms with Gasteiger partial charge in [0.1, 0.15) is 0 Å². The molecule has 25 heavy (non-hydrogen) atoms. The van der Waals surface area contributed by atoms with Crippen LogP contribution in [0.25, 0.3) is 10.9 Å². The number of fused-ring (bicyclic) bond motifs is 1. The number of halogens is 2. The maximum absolute atomic E-state index is 6.09. The van der Waals surface area contributed by atoms with E-state index in [1.807, 2.05) is 31.3 Å². The quantitative estimate of drug-likeness (QED) is 0.221. The minimum Gasteiger partial charge on any atom is -0.382 e. The number of ether oxygens (including phenoxy) is 1. The summed E-state index contributed by atoms with van der Waals surface area (Å²) in [5.74, 6) is 0.837. The summed E-state index contributed by atoms with van der Waals surface area (Å²) < 4.78 is 5.33. The van der Waals surface area contributed by atoms with Crippen LogP contribution in [0.2, 0.25) is 5.02 Å². The standard InChI is InChI=1S/C18H27ClN4O.HI/c1-3-24-11-5-4-9-21-18(20-2)22-10-8-14-13-23-17-7-6-15(19)12-16(14)17;/h6-7,12-13,23H,3-5,8-11H2,1-2H3,(H2,20,21,22);1H. The van der Waals surface area contributed by atoms with E-state index in [4.69, 9.17) is 16.3 Å². The van der Waals surface area contributed by atoms with Crippen LogP contribution in [-0.2, 0) is 11.2 Å². The van der Waals surface area contributed by atoms with E-state index < -0.39 is 0 Å². The zero-order valence-corrected chi connectivity index (χ0v) is 18.0. The molecule has 1 aromatic heterocycles. The number of H-pyrrole nitrogens is 1. The van der Waals surface area contributed by atoms with E-state index in [0.717, 1.165) is 62.1 Å². The molecule has 0 fully saturated rings. The second kappa shape index (κ2) is 12.4. The highest BCUT2D eigenvalue weighted by atomic mass is 127. The van der Waals surface area contributed by atoms with Crippen LogP contribution < -0.4 is 10.6 Å². The summed E-state index contributed by atoms with van der Waals surface area (Å²) >= 11 is 6.09. The maximum atomic E-state index is 6.09. The van der Waals surface area contributed by atoms with E-state index in [9.17, 15) is 0 Å². The zero-order valence-electron chi connectivity index (χ0n) is 14.9. The number of aromatic amines is 1. The molecule has 5 nitrogen and oxygen atoms in total. The Morgan fingerprint density at radius 2 is 2.04 bits per heavy atom. The molecule has 0 bridgehead atoms. The Morgan fingerprint density at radius 1 is 1.24 bits per heavy atom. The number of aromatic nitrogens is 1. The van der Waals surface area contributed by atoms with Crippen LogP contribution in [0.5, 0.6) is 0 Å². The summed E-state index contributed by atoms with van der Waals surface area (Å²) in [5.41, 5.74) is 2.37. The Kier molecular flexibility index (Phi) is 10.9. The molecular formula is C18H28ClIN4O. The van der Waals surface area contributed by atoms with Gasteiger partial charge < -0.3 is 20.4 Å². The molecule has 0 radical (unpaired) electrons. The third-order valence-corrected chi connectivity index (χ3v) is 4.09. The first-order chi connectivity index (χ1) is 11.7. The molecule has 140 valence electrons. The summed E-state index contributed by atoms with van der Waals surface area (Å²) in [4.78, 5) is 7.53. The molecule has 7 heteroatoms. The Morgan fingerprint density at radius 3 is 2.80 bits per heavy atom. The molecule has 0 amide bonds. The number of hydrogen-bond donors (Lipinski definition) is 3. The van der Waals surface area contributed by atoms with Gasteiger partial charge >= 0.3 is 0 Å². The lowest BCUT2D eigenvalue weighted by atomic mass is 10.1. The van der Waals surface area contributed by atoms with Crippen LogP contribution in [0, 0.1) is 0 Å². The highest BCUT2D eigenvalue weighted by molar-refractivity contribution is 14.0. The number of guanidine groups is 1. The molecule has 0 saturated heterocycles. The van der Waals surface area contributed by atoms with Gasteiger partial charge in [-0.15, -0.1) is 24.0 Å². The SMILES string of the molecule is CCOCCCCNC(=NC)NCCc1c[nH]c2ccc(Cl)cc12.I. The summed E-state index contributed by atoms with van der Waals surface area (Å²) in [5, 5.41) is 8.63. The molecule has 0 atom stereocenters. The molecule has 2 rings (SSSR count). The average Bonchev–Trinajstić information content (AvgIpc) is 2.98. The first kappa shape index (κ1) is 22.1. The summed E-state index contributed by atoms with van der Waals surface area (Å²) in [7, 11) is 1.79. The monoisotopic (exact) mass is 478 g/mol. The molecule has 0 saturated carbocycles. The van der Waals surface area contributed by atoms with Crippen molar-refractivity contribution in [2.75, 3.05) is 33.4 Å². The van der Waals surface area contributed by atoms with Crippen molar-refractivity contribution in [1.29, 1.82) is 0 Å². The minimum absolute atomic E-state index is 0. The van der Waals surface area contributed by atoms with E-state index in [1.54, 1.807) is 7.05 Å². The number of benzene rings is 1. The molecule has 0 unspecified atom stereocenters. The predicted molar refractivity (Wildman–Crippen MR) is 118 cm³/mol. The largest absolute Gasteiger partial charge is 0.382 e. The van der Waals surface area contributed by atoms with Gasteiger partial charge in [-0.3, -0.25) is 4.99 Å². The van der Waals surface area contributed by atoms with Crippen molar-refractivity contribution in [3.05, 3.63) is 35.0 Å². The van der Waals surface area contributed by atoms with E-state index >= 15 is 0 Å². The number of aliphatic imine (C=N–C) groups is 1. The van der Waals surface area contributed by atoms with Gasteiger partial charge in [0, 0.05) is 55.5 Å². The number of nitrogens with one attached hydrogen (secondary N) is 3. The number of rotatable bonds is 9. The maximum Gasteiger partial charge on any atom is 0.190 e. The summed E-state index contributed by atoms with van der Waals surface area (Å²) in [6.07, 6.45) is 5.09. The Balaban J connectivity index is 0.00000312. The fourth-order valence-electron chi connectivity index (χ4n) is 2.57. The van der Waals surface area contributed by atoms with Crippen LogP contribution in [-0.4, -0.2) is 44.3 Å². The number of hydrogen-bond acceptors (Lipinski definition) is 2. The smallest absolute Gasteiger partial charge is 0.190 e. The van der Waals surface area contributed by atoms with Crippen molar-refractivity contribution in [2.24, 2.45) is 4.99 Å². The third-order valence-electron chi connectivity index (χ3n) is 3.85. The van der Waals surface area contributed by atoms with Crippen molar-refractivity contribution >= 4 is 52.4 Å². The van der Waals surface area contributed by atoms with Crippen LogP contribution >= 0.6 is 35.6 Å². The average molecular weight is 479 g/mol. The Labute approximate surface area is 172 Å². The van der Waals surface area contributed by atoms with Crippen LogP contribution in [0.15, 0.2) is 29.4 Å². The van der Waals surface area contributed by atoms with Gasteiger partial charge in [0.25, 0.3) is 0 Å². The lowest BCUT2D eigenvalue weighted by molar-refractivity contribution is 0.143. The van der Waals surface area contributed by atoms with Gasteiger partial charge in [0.2, 0.25) is 0 Å². The van der Waals surface area contributed by atoms with Crippen molar-refractivity contribution in [1.82, 2.24) is 15.6 Å². The molecule has 0 aliphatic rings. The summed E-state index contributed by atoms with van der Waals surface area (Å²) in [6.45, 7) is 5.35. The second-order valence-electron chi connectivity index (χ2n) is 5.58. The van der Waals surface area contributed by atoms with Crippen LogP contribution in [0.1, 0.15) is 25.3 Å². The molecule has 0 spiro atoms. The third kappa shape index (κ3) is 7.42. The highest BCUT2D eigenvalue weighted by Gasteiger charge is 2.05. The predicted octanol–water partition coefficient (Wildman–Crippen LogP) is 3.96. The fraction of sp³-hybridized carbons (Fsp3) is 0.500. The van der Waals surface area contributed by atoms with Crippen molar-refractivity contribution in [3.8, 4) is 0 Å². The minimum atomic E-state index is 0. The van der Waals surface area contributed by atoms with E-state index in [0.29, 0.717) is 0 Å². The summed E-state index contributed by atoms with van der Waals surface area (Å²) in [6, 6.07) is 5.92. The Bertz CT molecular complexity index is 660.